The first-order valence-electron chi connectivity index (χ1n) is 6.80. The van der Waals surface area contributed by atoms with Crippen molar-refractivity contribution in [3.8, 4) is 6.07 Å². The largest absolute Gasteiger partial charge is 0.383 e. The third-order valence-corrected chi connectivity index (χ3v) is 4.24. The number of nitriles is 1. The summed E-state index contributed by atoms with van der Waals surface area (Å²) in [6.07, 6.45) is 5.45. The molecule has 0 radical (unpaired) electrons. The molecular formula is C16H17N3. The van der Waals surface area contributed by atoms with E-state index in [0.717, 1.165) is 23.1 Å². The van der Waals surface area contributed by atoms with Crippen molar-refractivity contribution in [2.24, 2.45) is 5.41 Å². The second-order valence-corrected chi connectivity index (χ2v) is 5.38. The SMILES string of the molecule is CCC1(CNc2c(C#N)cnc3ccccc23)CC1. The van der Waals surface area contributed by atoms with Gasteiger partial charge in [-0.05, 0) is 30.7 Å². The Labute approximate surface area is 113 Å². The van der Waals surface area contributed by atoms with Gasteiger partial charge in [-0.1, -0.05) is 25.1 Å². The van der Waals surface area contributed by atoms with E-state index in [-0.39, 0.29) is 0 Å². The maximum atomic E-state index is 9.25. The van der Waals surface area contributed by atoms with Gasteiger partial charge in [-0.3, -0.25) is 4.98 Å². The van der Waals surface area contributed by atoms with Gasteiger partial charge in [0.05, 0.1) is 16.8 Å². The minimum absolute atomic E-state index is 0.455. The minimum atomic E-state index is 0.455. The molecule has 1 saturated carbocycles. The molecule has 1 aliphatic rings. The topological polar surface area (TPSA) is 48.7 Å². The van der Waals surface area contributed by atoms with Crippen LogP contribution >= 0.6 is 0 Å². The number of para-hydroxylation sites is 1. The van der Waals surface area contributed by atoms with Crippen molar-refractivity contribution in [3.63, 3.8) is 0 Å². The van der Waals surface area contributed by atoms with Crippen LogP contribution in [-0.2, 0) is 0 Å². The van der Waals surface area contributed by atoms with Crippen LogP contribution in [0.3, 0.4) is 0 Å². The van der Waals surface area contributed by atoms with Crippen molar-refractivity contribution in [2.45, 2.75) is 26.2 Å². The number of pyridine rings is 1. The summed E-state index contributed by atoms with van der Waals surface area (Å²) in [7, 11) is 0. The monoisotopic (exact) mass is 251 g/mol. The van der Waals surface area contributed by atoms with E-state index in [1.54, 1.807) is 6.20 Å². The Kier molecular flexibility index (Phi) is 2.87. The number of benzene rings is 1. The zero-order chi connectivity index (χ0) is 13.3. The van der Waals surface area contributed by atoms with E-state index in [1.165, 1.54) is 19.3 Å². The third kappa shape index (κ3) is 2.15. The predicted molar refractivity (Wildman–Crippen MR) is 76.9 cm³/mol. The second kappa shape index (κ2) is 4.55. The van der Waals surface area contributed by atoms with Crippen LogP contribution in [0.25, 0.3) is 10.9 Å². The molecule has 1 aliphatic carbocycles. The van der Waals surface area contributed by atoms with Crippen LogP contribution in [0, 0.1) is 16.7 Å². The molecule has 0 atom stereocenters. The highest BCUT2D eigenvalue weighted by molar-refractivity contribution is 5.93. The van der Waals surface area contributed by atoms with Gasteiger partial charge in [-0.25, -0.2) is 0 Å². The Balaban J connectivity index is 1.98. The van der Waals surface area contributed by atoms with E-state index in [2.05, 4.69) is 23.3 Å². The van der Waals surface area contributed by atoms with E-state index in [9.17, 15) is 5.26 Å². The first-order chi connectivity index (χ1) is 9.28. The number of anilines is 1. The zero-order valence-electron chi connectivity index (χ0n) is 11.1. The lowest BCUT2D eigenvalue weighted by Gasteiger charge is -2.16. The first-order valence-corrected chi connectivity index (χ1v) is 6.80. The summed E-state index contributed by atoms with van der Waals surface area (Å²) in [6.45, 7) is 3.19. The van der Waals surface area contributed by atoms with Crippen LogP contribution in [0.1, 0.15) is 31.7 Å². The highest BCUT2D eigenvalue weighted by atomic mass is 14.9. The lowest BCUT2D eigenvalue weighted by molar-refractivity contribution is 0.521. The van der Waals surface area contributed by atoms with Crippen molar-refractivity contribution < 1.29 is 0 Å². The average Bonchev–Trinajstić information content (AvgIpc) is 3.25. The molecule has 1 aromatic carbocycles. The summed E-state index contributed by atoms with van der Waals surface area (Å²) < 4.78 is 0. The van der Waals surface area contributed by atoms with Crippen LogP contribution in [0.2, 0.25) is 0 Å². The molecule has 1 fully saturated rings. The van der Waals surface area contributed by atoms with E-state index in [1.807, 2.05) is 24.3 Å². The van der Waals surface area contributed by atoms with Crippen molar-refractivity contribution in [3.05, 3.63) is 36.0 Å². The molecule has 0 spiro atoms. The van der Waals surface area contributed by atoms with Gasteiger partial charge in [0, 0.05) is 18.1 Å². The first kappa shape index (κ1) is 12.0. The van der Waals surface area contributed by atoms with Gasteiger partial charge >= 0.3 is 0 Å². The fourth-order valence-electron chi connectivity index (χ4n) is 2.52. The number of nitrogens with zero attached hydrogens (tertiary/aromatic N) is 2. The minimum Gasteiger partial charge on any atom is -0.383 e. The Morgan fingerprint density at radius 3 is 2.84 bits per heavy atom. The summed E-state index contributed by atoms with van der Waals surface area (Å²) in [5, 5.41) is 13.8. The van der Waals surface area contributed by atoms with E-state index in [4.69, 9.17) is 0 Å². The highest BCUT2D eigenvalue weighted by Crippen LogP contribution is 2.48. The Morgan fingerprint density at radius 2 is 2.16 bits per heavy atom. The van der Waals surface area contributed by atoms with Crippen molar-refractivity contribution in [1.29, 1.82) is 5.26 Å². The Hall–Kier alpha value is -2.08. The van der Waals surface area contributed by atoms with E-state index in [0.29, 0.717) is 11.0 Å². The molecule has 3 rings (SSSR count). The molecule has 3 nitrogen and oxygen atoms in total. The molecule has 1 N–H and O–H groups in total. The zero-order valence-corrected chi connectivity index (χ0v) is 11.1. The molecule has 19 heavy (non-hydrogen) atoms. The maximum Gasteiger partial charge on any atom is 0.103 e. The molecule has 0 amide bonds. The average molecular weight is 251 g/mol. The number of fused-ring (bicyclic) bond motifs is 1. The van der Waals surface area contributed by atoms with Gasteiger partial charge in [0.2, 0.25) is 0 Å². The summed E-state index contributed by atoms with van der Waals surface area (Å²) in [6, 6.07) is 10.2. The van der Waals surface area contributed by atoms with Crippen molar-refractivity contribution >= 4 is 16.6 Å². The molecule has 0 bridgehead atoms. The van der Waals surface area contributed by atoms with Crippen LogP contribution in [0.5, 0.6) is 0 Å². The lowest BCUT2D eigenvalue weighted by atomic mass is 10.0. The van der Waals surface area contributed by atoms with Crippen molar-refractivity contribution in [1.82, 2.24) is 4.98 Å². The number of hydrogen-bond acceptors (Lipinski definition) is 3. The van der Waals surface area contributed by atoms with E-state index >= 15 is 0 Å². The summed E-state index contributed by atoms with van der Waals surface area (Å²) in [4.78, 5) is 4.33. The molecule has 2 aromatic rings. The second-order valence-electron chi connectivity index (χ2n) is 5.38. The molecule has 0 unspecified atom stereocenters. The number of nitrogens with one attached hydrogen (secondary N) is 1. The van der Waals surface area contributed by atoms with Crippen LogP contribution in [0.4, 0.5) is 5.69 Å². The van der Waals surface area contributed by atoms with Crippen LogP contribution in [-0.4, -0.2) is 11.5 Å². The van der Waals surface area contributed by atoms with Crippen LogP contribution in [0.15, 0.2) is 30.5 Å². The molecule has 1 heterocycles. The van der Waals surface area contributed by atoms with Gasteiger partial charge < -0.3 is 5.32 Å². The van der Waals surface area contributed by atoms with Gasteiger partial charge in [-0.2, -0.15) is 5.26 Å². The van der Waals surface area contributed by atoms with Gasteiger partial charge in [-0.15, -0.1) is 0 Å². The molecule has 0 saturated heterocycles. The van der Waals surface area contributed by atoms with Gasteiger partial charge in [0.25, 0.3) is 0 Å². The summed E-state index contributed by atoms with van der Waals surface area (Å²) in [5.41, 5.74) is 2.96. The molecule has 3 heteroatoms. The number of hydrogen-bond donors (Lipinski definition) is 1. The van der Waals surface area contributed by atoms with Crippen LogP contribution < -0.4 is 5.32 Å². The quantitative estimate of drug-likeness (QED) is 0.901. The van der Waals surface area contributed by atoms with Gasteiger partial charge in [0.15, 0.2) is 0 Å². The Bertz CT molecular complexity index is 651. The number of rotatable bonds is 4. The fraction of sp³-hybridized carbons (Fsp3) is 0.375. The normalized spacial score (nSPS) is 16.0. The molecule has 96 valence electrons. The van der Waals surface area contributed by atoms with Crippen molar-refractivity contribution in [2.75, 3.05) is 11.9 Å². The fourth-order valence-corrected chi connectivity index (χ4v) is 2.52. The van der Waals surface area contributed by atoms with E-state index < -0.39 is 0 Å². The molecule has 1 aromatic heterocycles. The predicted octanol–water partition coefficient (Wildman–Crippen LogP) is 3.71. The molecular weight excluding hydrogens is 234 g/mol. The highest BCUT2D eigenvalue weighted by Gasteiger charge is 2.40. The summed E-state index contributed by atoms with van der Waals surface area (Å²) in [5.74, 6) is 0. The molecule has 0 aliphatic heterocycles. The number of aromatic nitrogens is 1. The standard InChI is InChI=1S/C16H17N3/c1-2-16(7-8-16)11-19-15-12(9-17)10-18-14-6-4-3-5-13(14)15/h3-6,10H,2,7-8,11H2,1H3,(H,18,19). The summed E-state index contributed by atoms with van der Waals surface area (Å²) >= 11 is 0. The lowest BCUT2D eigenvalue weighted by Crippen LogP contribution is -2.15. The maximum absolute atomic E-state index is 9.25. The smallest absolute Gasteiger partial charge is 0.103 e. The Morgan fingerprint density at radius 1 is 1.37 bits per heavy atom. The van der Waals surface area contributed by atoms with Gasteiger partial charge in [0.1, 0.15) is 6.07 Å². The third-order valence-electron chi connectivity index (χ3n) is 4.24.